The maximum absolute atomic E-state index is 11.5. The Hall–Kier alpha value is -4.83. The summed E-state index contributed by atoms with van der Waals surface area (Å²) in [6, 6.07) is 41.0. The summed E-state index contributed by atoms with van der Waals surface area (Å²) in [5.41, 5.74) is 7.83. The van der Waals surface area contributed by atoms with Crippen molar-refractivity contribution in [1.82, 2.24) is 4.57 Å². The standard InChI is InChI=1S/C32H24N2O2/c35-32(36)27-11-5-4-8-24(27)21-33-25-17-14-22(15-18-25)23-16-19-31-29(20-23)28-12-6-7-13-30(28)34(31)26-9-2-1-3-10-26/h1-20,33H,21H2,(H,35,36). The monoisotopic (exact) mass is 468 g/mol. The summed E-state index contributed by atoms with van der Waals surface area (Å²) in [6.45, 7) is 0.451. The van der Waals surface area contributed by atoms with Gasteiger partial charge in [-0.1, -0.05) is 72.8 Å². The molecule has 4 nitrogen and oxygen atoms in total. The van der Waals surface area contributed by atoms with Crippen LogP contribution in [0.5, 0.6) is 0 Å². The fourth-order valence-corrected chi connectivity index (χ4v) is 4.87. The van der Waals surface area contributed by atoms with Crippen LogP contribution in [-0.2, 0) is 6.54 Å². The number of carboxylic acid groups (broad SMARTS) is 1. The molecule has 0 unspecified atom stereocenters. The van der Waals surface area contributed by atoms with E-state index in [1.54, 1.807) is 12.1 Å². The fourth-order valence-electron chi connectivity index (χ4n) is 4.87. The van der Waals surface area contributed by atoms with Gasteiger partial charge in [-0.2, -0.15) is 0 Å². The highest BCUT2D eigenvalue weighted by Crippen LogP contribution is 2.35. The van der Waals surface area contributed by atoms with Crippen molar-refractivity contribution in [3.05, 3.63) is 132 Å². The first-order valence-electron chi connectivity index (χ1n) is 11.9. The molecule has 0 saturated heterocycles. The maximum atomic E-state index is 11.5. The Morgan fingerprint density at radius 3 is 2.14 bits per heavy atom. The molecule has 0 atom stereocenters. The molecule has 0 bridgehead atoms. The molecule has 6 rings (SSSR count). The number of fused-ring (bicyclic) bond motifs is 3. The van der Waals surface area contributed by atoms with E-state index >= 15 is 0 Å². The van der Waals surface area contributed by atoms with E-state index in [4.69, 9.17) is 0 Å². The van der Waals surface area contributed by atoms with Crippen molar-refractivity contribution in [2.24, 2.45) is 0 Å². The Labute approximate surface area is 209 Å². The molecule has 36 heavy (non-hydrogen) atoms. The molecule has 1 heterocycles. The van der Waals surface area contributed by atoms with Crippen molar-refractivity contribution in [2.45, 2.75) is 6.54 Å². The van der Waals surface area contributed by atoms with Gasteiger partial charge in [0, 0.05) is 28.7 Å². The average Bonchev–Trinajstić information content (AvgIpc) is 3.26. The number of carboxylic acids is 1. The molecular formula is C32H24N2O2. The summed E-state index contributed by atoms with van der Waals surface area (Å²) in [4.78, 5) is 11.5. The van der Waals surface area contributed by atoms with Crippen molar-refractivity contribution < 1.29 is 9.90 Å². The second-order valence-corrected chi connectivity index (χ2v) is 8.81. The second-order valence-electron chi connectivity index (χ2n) is 8.81. The van der Waals surface area contributed by atoms with Gasteiger partial charge >= 0.3 is 5.97 Å². The van der Waals surface area contributed by atoms with Crippen LogP contribution in [0, 0.1) is 0 Å². The number of para-hydroxylation sites is 2. The van der Waals surface area contributed by atoms with Crippen molar-refractivity contribution in [3.63, 3.8) is 0 Å². The van der Waals surface area contributed by atoms with E-state index in [0.29, 0.717) is 12.1 Å². The van der Waals surface area contributed by atoms with Gasteiger partial charge in [-0.25, -0.2) is 4.79 Å². The largest absolute Gasteiger partial charge is 0.478 e. The lowest BCUT2D eigenvalue weighted by molar-refractivity contribution is 0.0696. The molecule has 0 aliphatic heterocycles. The van der Waals surface area contributed by atoms with E-state index < -0.39 is 5.97 Å². The number of hydrogen-bond donors (Lipinski definition) is 2. The molecule has 2 N–H and O–H groups in total. The summed E-state index contributed by atoms with van der Waals surface area (Å²) in [5.74, 6) is -0.910. The molecule has 174 valence electrons. The third kappa shape index (κ3) is 3.89. The minimum absolute atomic E-state index is 0.324. The Morgan fingerprint density at radius 1 is 0.667 bits per heavy atom. The van der Waals surface area contributed by atoms with Gasteiger partial charge in [-0.05, 0) is 65.2 Å². The third-order valence-corrected chi connectivity index (χ3v) is 6.64. The predicted octanol–water partition coefficient (Wildman–Crippen LogP) is 7.76. The zero-order valence-corrected chi connectivity index (χ0v) is 19.6. The quantitative estimate of drug-likeness (QED) is 0.263. The normalized spacial score (nSPS) is 11.1. The molecule has 0 saturated carbocycles. The van der Waals surface area contributed by atoms with Gasteiger partial charge in [-0.3, -0.25) is 0 Å². The van der Waals surface area contributed by atoms with E-state index in [2.05, 4.69) is 88.7 Å². The number of aromatic nitrogens is 1. The zero-order valence-electron chi connectivity index (χ0n) is 19.6. The summed E-state index contributed by atoms with van der Waals surface area (Å²) in [5, 5.41) is 15.2. The van der Waals surface area contributed by atoms with Gasteiger partial charge < -0.3 is 15.0 Å². The molecule has 0 radical (unpaired) electrons. The SMILES string of the molecule is O=C(O)c1ccccc1CNc1ccc(-c2ccc3c(c2)c2ccccc2n3-c2ccccc2)cc1. The first kappa shape index (κ1) is 21.7. The van der Waals surface area contributed by atoms with Gasteiger partial charge in [0.1, 0.15) is 0 Å². The van der Waals surface area contributed by atoms with Crippen molar-refractivity contribution in [1.29, 1.82) is 0 Å². The van der Waals surface area contributed by atoms with Crippen LogP contribution in [0.25, 0.3) is 38.6 Å². The van der Waals surface area contributed by atoms with E-state index in [0.717, 1.165) is 28.1 Å². The predicted molar refractivity (Wildman–Crippen MR) is 147 cm³/mol. The number of nitrogens with zero attached hydrogens (tertiary/aromatic N) is 1. The Kier molecular flexibility index (Phi) is 5.47. The van der Waals surface area contributed by atoms with Crippen LogP contribution in [-0.4, -0.2) is 15.6 Å². The lowest BCUT2D eigenvalue weighted by Gasteiger charge is -2.10. The van der Waals surface area contributed by atoms with Crippen LogP contribution in [0.1, 0.15) is 15.9 Å². The van der Waals surface area contributed by atoms with Crippen LogP contribution < -0.4 is 5.32 Å². The molecular weight excluding hydrogens is 444 g/mol. The van der Waals surface area contributed by atoms with Crippen molar-refractivity contribution >= 4 is 33.5 Å². The first-order valence-corrected chi connectivity index (χ1v) is 11.9. The molecule has 0 fully saturated rings. The van der Waals surface area contributed by atoms with Crippen LogP contribution in [0.2, 0.25) is 0 Å². The second kappa shape index (κ2) is 9.08. The Balaban J connectivity index is 1.32. The van der Waals surface area contributed by atoms with Crippen LogP contribution in [0.3, 0.4) is 0 Å². The number of rotatable bonds is 6. The fraction of sp³-hybridized carbons (Fsp3) is 0.0312. The van der Waals surface area contributed by atoms with Crippen LogP contribution in [0.15, 0.2) is 121 Å². The lowest BCUT2D eigenvalue weighted by Crippen LogP contribution is -2.06. The topological polar surface area (TPSA) is 54.3 Å². The Bertz CT molecular complexity index is 1700. The summed E-state index contributed by atoms with van der Waals surface area (Å²) >= 11 is 0. The smallest absolute Gasteiger partial charge is 0.336 e. The van der Waals surface area contributed by atoms with Crippen LogP contribution >= 0.6 is 0 Å². The van der Waals surface area contributed by atoms with Crippen molar-refractivity contribution in [2.75, 3.05) is 5.32 Å². The minimum atomic E-state index is -0.910. The van der Waals surface area contributed by atoms with Gasteiger partial charge in [0.25, 0.3) is 0 Å². The number of anilines is 1. The maximum Gasteiger partial charge on any atom is 0.336 e. The summed E-state index contributed by atoms with van der Waals surface area (Å²) < 4.78 is 2.32. The lowest BCUT2D eigenvalue weighted by atomic mass is 10.0. The van der Waals surface area contributed by atoms with Crippen molar-refractivity contribution in [3.8, 4) is 16.8 Å². The molecule has 1 aromatic heterocycles. The molecule has 0 spiro atoms. The first-order chi connectivity index (χ1) is 17.7. The van der Waals surface area contributed by atoms with E-state index in [9.17, 15) is 9.90 Å². The molecule has 0 amide bonds. The van der Waals surface area contributed by atoms with Gasteiger partial charge in [0.05, 0.1) is 16.6 Å². The van der Waals surface area contributed by atoms with E-state index in [1.807, 2.05) is 30.3 Å². The molecule has 0 aliphatic carbocycles. The number of aromatic carboxylic acids is 1. The number of carbonyl (C=O) groups is 1. The summed E-state index contributed by atoms with van der Waals surface area (Å²) in [7, 11) is 0. The Morgan fingerprint density at radius 2 is 1.33 bits per heavy atom. The van der Waals surface area contributed by atoms with Crippen LogP contribution in [0.4, 0.5) is 5.69 Å². The molecule has 6 aromatic rings. The highest BCUT2D eigenvalue weighted by atomic mass is 16.4. The third-order valence-electron chi connectivity index (χ3n) is 6.64. The number of hydrogen-bond acceptors (Lipinski definition) is 2. The highest BCUT2D eigenvalue weighted by Gasteiger charge is 2.13. The van der Waals surface area contributed by atoms with Gasteiger partial charge in [-0.15, -0.1) is 0 Å². The molecule has 4 heteroatoms. The zero-order chi connectivity index (χ0) is 24.5. The molecule has 5 aromatic carbocycles. The summed E-state index contributed by atoms with van der Waals surface area (Å²) in [6.07, 6.45) is 0. The molecule has 0 aliphatic rings. The van der Waals surface area contributed by atoms with Gasteiger partial charge in [0.15, 0.2) is 0 Å². The number of nitrogens with one attached hydrogen (secondary N) is 1. The van der Waals surface area contributed by atoms with E-state index in [1.165, 1.54) is 21.8 Å². The number of benzene rings is 5. The average molecular weight is 469 g/mol. The highest BCUT2D eigenvalue weighted by molar-refractivity contribution is 6.10. The van der Waals surface area contributed by atoms with E-state index in [-0.39, 0.29) is 0 Å². The minimum Gasteiger partial charge on any atom is -0.478 e. The van der Waals surface area contributed by atoms with Gasteiger partial charge in [0.2, 0.25) is 0 Å².